The van der Waals surface area contributed by atoms with Gasteiger partial charge in [0.2, 0.25) is 22.4 Å². The van der Waals surface area contributed by atoms with Crippen molar-refractivity contribution in [2.75, 3.05) is 10.6 Å². The van der Waals surface area contributed by atoms with Crippen molar-refractivity contribution in [3.63, 3.8) is 0 Å². The maximum absolute atomic E-state index is 5.02. The predicted molar refractivity (Wildman–Crippen MR) is 183 cm³/mol. The van der Waals surface area contributed by atoms with Crippen LogP contribution in [0.1, 0.15) is 11.1 Å². The highest BCUT2D eigenvalue weighted by Crippen LogP contribution is 2.29. The van der Waals surface area contributed by atoms with Crippen LogP contribution in [-0.4, -0.2) is 12.4 Å². The standard InChI is InChI=1S/C38H32N6/c1-27-15-17-33-35(21-27)41-25-31(43-19-7-11-29-9-3-5-13-37(29)43)24-40-34-18-16-28(2)22-36(34)42-26-32(23-39-33)44-20-8-12-30-10-4-6-14-38(30)44/h3-26,41-42H,1-2H3/q+2/b31-25+,32-26+,39-23?,40-24?. The van der Waals surface area contributed by atoms with Crippen LogP contribution in [-0.2, 0) is 0 Å². The van der Waals surface area contributed by atoms with Gasteiger partial charge in [0.15, 0.2) is 12.4 Å². The first-order valence-electron chi connectivity index (χ1n) is 14.6. The molecule has 2 N–H and O–H groups in total. The molecule has 0 saturated heterocycles. The van der Waals surface area contributed by atoms with Crippen LogP contribution < -0.4 is 19.8 Å². The van der Waals surface area contributed by atoms with Gasteiger partial charge in [-0.15, -0.1) is 0 Å². The number of allylic oxidation sites excluding steroid dienone is 2. The van der Waals surface area contributed by atoms with Crippen molar-refractivity contribution in [2.45, 2.75) is 13.8 Å². The van der Waals surface area contributed by atoms with Gasteiger partial charge in [0.25, 0.3) is 0 Å². The highest BCUT2D eigenvalue weighted by molar-refractivity contribution is 6.03. The summed E-state index contributed by atoms with van der Waals surface area (Å²) in [6.45, 7) is 4.17. The average Bonchev–Trinajstić information content (AvgIpc) is 3.05. The third-order valence-electron chi connectivity index (χ3n) is 7.70. The number of rotatable bonds is 2. The molecule has 0 spiro atoms. The molecular formula is C38H32N6+2. The zero-order valence-corrected chi connectivity index (χ0v) is 24.6. The molecule has 0 fully saturated rings. The monoisotopic (exact) mass is 572 g/mol. The van der Waals surface area contributed by atoms with Gasteiger partial charge in [-0.1, -0.05) is 36.4 Å². The van der Waals surface area contributed by atoms with Gasteiger partial charge in [0.1, 0.15) is 12.4 Å². The van der Waals surface area contributed by atoms with Crippen LogP contribution in [0.5, 0.6) is 0 Å². The SMILES string of the molecule is Cc1ccc2c(c1)N/C=C(/[n+]1cccc3ccccc31)C=Nc1ccc(C)cc1N/C=C(/[n+]1cccc3ccccc31)C=N2. The number of aryl methyl sites for hydroxylation is 2. The second-order valence-corrected chi connectivity index (χ2v) is 10.9. The maximum Gasteiger partial charge on any atom is 0.245 e. The Morgan fingerprint density at radius 2 is 0.932 bits per heavy atom. The molecule has 3 heterocycles. The molecule has 0 atom stereocenters. The number of aliphatic imine (C=N–C) groups is 2. The highest BCUT2D eigenvalue weighted by atomic mass is 15.0. The van der Waals surface area contributed by atoms with E-state index in [1.807, 2.05) is 37.0 Å². The number of anilines is 2. The summed E-state index contributed by atoms with van der Waals surface area (Å²) in [5.41, 5.74) is 9.65. The van der Waals surface area contributed by atoms with E-state index in [9.17, 15) is 0 Å². The zero-order chi connectivity index (χ0) is 29.9. The molecule has 1 aliphatic rings. The fourth-order valence-corrected chi connectivity index (χ4v) is 5.44. The van der Waals surface area contributed by atoms with E-state index < -0.39 is 0 Å². The Bertz CT molecular complexity index is 1990. The van der Waals surface area contributed by atoms with E-state index in [2.05, 4.69) is 143 Å². The number of benzene rings is 4. The van der Waals surface area contributed by atoms with Crippen LogP contribution in [0.2, 0.25) is 0 Å². The molecule has 0 aliphatic carbocycles. The smallest absolute Gasteiger partial charge is 0.245 e. The van der Waals surface area contributed by atoms with Crippen molar-refractivity contribution in [1.29, 1.82) is 0 Å². The molecule has 0 amide bonds. The Morgan fingerprint density at radius 1 is 0.500 bits per heavy atom. The molecule has 1 aliphatic heterocycles. The van der Waals surface area contributed by atoms with Gasteiger partial charge in [0, 0.05) is 35.0 Å². The summed E-state index contributed by atoms with van der Waals surface area (Å²) >= 11 is 0. The predicted octanol–water partition coefficient (Wildman–Crippen LogP) is 8.12. The molecule has 0 radical (unpaired) electrons. The minimum atomic E-state index is 0.825. The molecule has 0 unspecified atom stereocenters. The second kappa shape index (κ2) is 11.8. The van der Waals surface area contributed by atoms with Crippen molar-refractivity contribution in [2.24, 2.45) is 9.98 Å². The molecule has 6 nitrogen and oxygen atoms in total. The number of aromatic nitrogens is 2. The molecule has 0 bridgehead atoms. The van der Waals surface area contributed by atoms with E-state index in [0.29, 0.717) is 0 Å². The Balaban J connectivity index is 1.42. The molecular weight excluding hydrogens is 540 g/mol. The highest BCUT2D eigenvalue weighted by Gasteiger charge is 2.17. The fraction of sp³-hybridized carbons (Fsp3) is 0.0526. The molecule has 6 aromatic rings. The van der Waals surface area contributed by atoms with E-state index in [4.69, 9.17) is 9.98 Å². The van der Waals surface area contributed by atoms with Crippen LogP contribution in [0.3, 0.4) is 0 Å². The second-order valence-electron chi connectivity index (χ2n) is 10.9. The largest absolute Gasteiger partial charge is 0.354 e. The van der Waals surface area contributed by atoms with Gasteiger partial charge in [-0.05, 0) is 73.5 Å². The van der Waals surface area contributed by atoms with Gasteiger partial charge in [-0.25, -0.2) is 9.98 Å². The lowest BCUT2D eigenvalue weighted by molar-refractivity contribution is -0.546. The van der Waals surface area contributed by atoms with E-state index >= 15 is 0 Å². The maximum atomic E-state index is 5.02. The van der Waals surface area contributed by atoms with Crippen molar-refractivity contribution in [3.8, 4) is 0 Å². The first kappa shape index (κ1) is 27.0. The number of hydrogen-bond donors (Lipinski definition) is 2. The summed E-state index contributed by atoms with van der Waals surface area (Å²) in [6.07, 6.45) is 11.9. The fourth-order valence-electron chi connectivity index (χ4n) is 5.44. The lowest BCUT2D eigenvalue weighted by atomic mass is 10.2. The molecule has 44 heavy (non-hydrogen) atoms. The Kier molecular flexibility index (Phi) is 7.22. The van der Waals surface area contributed by atoms with Crippen molar-refractivity contribution in [3.05, 3.63) is 145 Å². The summed E-state index contributed by atoms with van der Waals surface area (Å²) < 4.78 is 4.29. The van der Waals surface area contributed by atoms with Gasteiger partial charge >= 0.3 is 0 Å². The number of pyridine rings is 2. The van der Waals surface area contributed by atoms with E-state index in [-0.39, 0.29) is 0 Å². The number of para-hydroxylation sites is 2. The van der Waals surface area contributed by atoms with Crippen molar-refractivity contribution >= 4 is 68.4 Å². The lowest BCUT2D eigenvalue weighted by Crippen LogP contribution is -2.34. The summed E-state index contributed by atoms with van der Waals surface area (Å²) in [7, 11) is 0. The van der Waals surface area contributed by atoms with Gasteiger partial charge < -0.3 is 10.6 Å². The first-order valence-corrected chi connectivity index (χ1v) is 14.6. The lowest BCUT2D eigenvalue weighted by Gasteiger charge is -2.10. The molecule has 7 rings (SSSR count). The van der Waals surface area contributed by atoms with Crippen molar-refractivity contribution in [1.82, 2.24) is 0 Å². The zero-order valence-electron chi connectivity index (χ0n) is 24.6. The minimum absolute atomic E-state index is 0.825. The Labute approximate surface area is 256 Å². The third kappa shape index (κ3) is 5.49. The van der Waals surface area contributed by atoms with Crippen LogP contribution >= 0.6 is 0 Å². The summed E-state index contributed by atoms with van der Waals surface area (Å²) in [5.74, 6) is 0. The molecule has 0 saturated carbocycles. The number of hydrogen-bond acceptors (Lipinski definition) is 4. The van der Waals surface area contributed by atoms with Crippen LogP contribution in [0.25, 0.3) is 33.2 Å². The van der Waals surface area contributed by atoms with Gasteiger partial charge in [0.05, 0.1) is 35.1 Å². The third-order valence-corrected chi connectivity index (χ3v) is 7.70. The minimum Gasteiger partial charge on any atom is -0.354 e. The number of nitrogens with one attached hydrogen (secondary N) is 2. The van der Waals surface area contributed by atoms with E-state index in [1.165, 1.54) is 0 Å². The normalized spacial score (nSPS) is 15.6. The number of nitrogens with zero attached hydrogens (tertiary/aromatic N) is 4. The van der Waals surface area contributed by atoms with Crippen molar-refractivity contribution < 1.29 is 9.13 Å². The topological polar surface area (TPSA) is 56.5 Å². The van der Waals surface area contributed by atoms with Gasteiger partial charge in [-0.2, -0.15) is 9.13 Å². The Morgan fingerprint density at radius 3 is 1.41 bits per heavy atom. The first-order chi connectivity index (χ1) is 21.6. The Hall–Kier alpha value is -5.88. The van der Waals surface area contributed by atoms with Crippen LogP contribution in [0.4, 0.5) is 22.7 Å². The molecule has 6 heteroatoms. The molecule has 212 valence electrons. The molecule has 4 aromatic carbocycles. The summed E-state index contributed by atoms with van der Waals surface area (Å²) in [5, 5.41) is 9.41. The van der Waals surface area contributed by atoms with Gasteiger partial charge in [-0.3, -0.25) is 0 Å². The van der Waals surface area contributed by atoms with E-state index in [0.717, 1.165) is 67.1 Å². The molecule has 2 aromatic heterocycles. The quantitative estimate of drug-likeness (QED) is 0.206. The van der Waals surface area contributed by atoms with Crippen LogP contribution in [0.15, 0.2) is 144 Å². The van der Waals surface area contributed by atoms with E-state index in [1.54, 1.807) is 0 Å². The average molecular weight is 573 g/mol. The summed E-state index contributed by atoms with van der Waals surface area (Å²) in [4.78, 5) is 10.0. The summed E-state index contributed by atoms with van der Waals surface area (Å²) in [6, 6.07) is 37.5. The number of fused-ring (bicyclic) bond motifs is 4. The van der Waals surface area contributed by atoms with Crippen LogP contribution in [0, 0.1) is 13.8 Å².